The molecule has 13 heavy (non-hydrogen) atoms. The van der Waals surface area contributed by atoms with Gasteiger partial charge in [-0.25, -0.2) is 4.99 Å². The fourth-order valence-electron chi connectivity index (χ4n) is 1.42. The molecule has 1 aliphatic rings. The van der Waals surface area contributed by atoms with Gasteiger partial charge in [0.25, 0.3) is 0 Å². The largest absolute Gasteiger partial charge is 0.497 e. The summed E-state index contributed by atoms with van der Waals surface area (Å²) in [5.41, 5.74) is 2.18. The van der Waals surface area contributed by atoms with Gasteiger partial charge >= 0.3 is 0 Å². The second kappa shape index (κ2) is 3.38. The van der Waals surface area contributed by atoms with E-state index in [2.05, 4.69) is 4.99 Å². The van der Waals surface area contributed by atoms with Gasteiger partial charge in [0, 0.05) is 6.42 Å². The Morgan fingerprint density at radius 1 is 1.38 bits per heavy atom. The standard InChI is InChI=1S/C10H10ClNO/c1-13-8-3-4-9-7(6-8)2-5-10(11)12-9/h3-4,6H,2,5H2,1H3. The number of nitrogens with zero attached hydrogens (tertiary/aromatic N) is 1. The third kappa shape index (κ3) is 1.68. The molecular formula is C10H10ClNO. The minimum absolute atomic E-state index is 0.692. The lowest BCUT2D eigenvalue weighted by Crippen LogP contribution is -1.99. The molecule has 0 spiro atoms. The van der Waals surface area contributed by atoms with Crippen LogP contribution in [0.15, 0.2) is 23.2 Å². The maximum Gasteiger partial charge on any atom is 0.119 e. The topological polar surface area (TPSA) is 21.6 Å². The maximum atomic E-state index is 5.84. The Kier molecular flexibility index (Phi) is 2.23. The first kappa shape index (κ1) is 8.57. The number of fused-ring (bicyclic) bond motifs is 1. The molecular weight excluding hydrogens is 186 g/mol. The van der Waals surface area contributed by atoms with Gasteiger partial charge in [-0.2, -0.15) is 0 Å². The molecule has 0 amide bonds. The molecule has 1 aliphatic heterocycles. The van der Waals surface area contributed by atoms with Crippen molar-refractivity contribution in [3.8, 4) is 5.75 Å². The summed E-state index contributed by atoms with van der Waals surface area (Å²) >= 11 is 5.84. The van der Waals surface area contributed by atoms with Gasteiger partial charge < -0.3 is 4.74 Å². The van der Waals surface area contributed by atoms with Crippen LogP contribution in [0.25, 0.3) is 0 Å². The molecule has 2 rings (SSSR count). The number of hydrogen-bond acceptors (Lipinski definition) is 2. The lowest BCUT2D eigenvalue weighted by molar-refractivity contribution is 0.414. The summed E-state index contributed by atoms with van der Waals surface area (Å²) in [5, 5.41) is 0.692. The van der Waals surface area contributed by atoms with Crippen molar-refractivity contribution in [1.82, 2.24) is 0 Å². The molecule has 1 aromatic rings. The molecule has 3 heteroatoms. The van der Waals surface area contributed by atoms with Gasteiger partial charge in [-0.3, -0.25) is 0 Å². The van der Waals surface area contributed by atoms with Crippen LogP contribution in [0, 0.1) is 0 Å². The van der Waals surface area contributed by atoms with Crippen molar-refractivity contribution in [2.75, 3.05) is 7.11 Å². The normalized spacial score (nSPS) is 14.8. The average molecular weight is 196 g/mol. The summed E-state index contributed by atoms with van der Waals surface area (Å²) in [7, 11) is 1.67. The quantitative estimate of drug-likeness (QED) is 0.675. The fourth-order valence-corrected chi connectivity index (χ4v) is 1.61. The van der Waals surface area contributed by atoms with Crippen LogP contribution in [-0.4, -0.2) is 12.3 Å². The van der Waals surface area contributed by atoms with Crippen molar-refractivity contribution in [1.29, 1.82) is 0 Å². The highest BCUT2D eigenvalue weighted by Gasteiger charge is 2.10. The number of benzene rings is 1. The molecule has 0 aromatic heterocycles. The highest BCUT2D eigenvalue weighted by Crippen LogP contribution is 2.29. The average Bonchev–Trinajstić information content (AvgIpc) is 2.17. The predicted octanol–water partition coefficient (Wildman–Crippen LogP) is 2.91. The number of methoxy groups -OCH3 is 1. The first-order valence-corrected chi connectivity index (χ1v) is 4.57. The molecule has 68 valence electrons. The Morgan fingerprint density at radius 2 is 2.23 bits per heavy atom. The van der Waals surface area contributed by atoms with Crippen molar-refractivity contribution in [3.63, 3.8) is 0 Å². The van der Waals surface area contributed by atoms with Crippen LogP contribution in [0.5, 0.6) is 5.75 Å². The summed E-state index contributed by atoms with van der Waals surface area (Å²) in [5.74, 6) is 0.881. The Labute approximate surface area is 82.2 Å². The summed E-state index contributed by atoms with van der Waals surface area (Å²) < 4.78 is 5.13. The molecule has 0 atom stereocenters. The second-order valence-electron chi connectivity index (χ2n) is 2.98. The van der Waals surface area contributed by atoms with Gasteiger partial charge in [0.15, 0.2) is 0 Å². The molecule has 0 fully saturated rings. The molecule has 1 heterocycles. The van der Waals surface area contributed by atoms with Crippen LogP contribution >= 0.6 is 11.6 Å². The highest BCUT2D eigenvalue weighted by atomic mass is 35.5. The molecule has 0 unspecified atom stereocenters. The lowest BCUT2D eigenvalue weighted by atomic mass is 10.1. The van der Waals surface area contributed by atoms with E-state index in [0.29, 0.717) is 5.17 Å². The monoisotopic (exact) mass is 195 g/mol. The Bertz CT molecular complexity index is 360. The van der Waals surface area contributed by atoms with Gasteiger partial charge in [-0.1, -0.05) is 11.6 Å². The summed E-state index contributed by atoms with van der Waals surface area (Å²) in [4.78, 5) is 4.25. The first-order chi connectivity index (χ1) is 6.29. The van der Waals surface area contributed by atoms with E-state index in [1.807, 2.05) is 18.2 Å². The zero-order valence-corrected chi connectivity index (χ0v) is 8.14. The molecule has 0 saturated heterocycles. The van der Waals surface area contributed by atoms with Crippen LogP contribution in [0.3, 0.4) is 0 Å². The number of rotatable bonds is 1. The molecule has 0 aliphatic carbocycles. The third-order valence-electron chi connectivity index (χ3n) is 2.13. The smallest absolute Gasteiger partial charge is 0.119 e. The van der Waals surface area contributed by atoms with Crippen molar-refractivity contribution in [2.45, 2.75) is 12.8 Å². The molecule has 0 saturated carbocycles. The van der Waals surface area contributed by atoms with Crippen LogP contribution < -0.4 is 4.74 Å². The van der Waals surface area contributed by atoms with Crippen LogP contribution in [0.2, 0.25) is 0 Å². The van der Waals surface area contributed by atoms with Gasteiger partial charge in [0.2, 0.25) is 0 Å². The molecule has 0 radical (unpaired) electrons. The van der Waals surface area contributed by atoms with E-state index in [4.69, 9.17) is 16.3 Å². The van der Waals surface area contributed by atoms with E-state index in [0.717, 1.165) is 24.3 Å². The van der Waals surface area contributed by atoms with Gasteiger partial charge in [-0.05, 0) is 30.2 Å². The van der Waals surface area contributed by atoms with Crippen molar-refractivity contribution in [2.24, 2.45) is 4.99 Å². The van der Waals surface area contributed by atoms with Crippen LogP contribution in [-0.2, 0) is 6.42 Å². The SMILES string of the molecule is COc1ccc2c(c1)CCC(Cl)=N2. The zero-order chi connectivity index (χ0) is 9.26. The van der Waals surface area contributed by atoms with Crippen LogP contribution in [0.4, 0.5) is 5.69 Å². The summed E-state index contributed by atoms with van der Waals surface area (Å²) in [6.45, 7) is 0. The van der Waals surface area contributed by atoms with Crippen molar-refractivity contribution in [3.05, 3.63) is 23.8 Å². The Hall–Kier alpha value is -1.02. The lowest BCUT2D eigenvalue weighted by Gasteiger charge is -2.12. The Balaban J connectivity index is 2.43. The number of aliphatic imine (C=N–C) groups is 1. The van der Waals surface area contributed by atoms with E-state index >= 15 is 0 Å². The van der Waals surface area contributed by atoms with E-state index in [9.17, 15) is 0 Å². The van der Waals surface area contributed by atoms with Crippen molar-refractivity contribution < 1.29 is 4.74 Å². The van der Waals surface area contributed by atoms with E-state index in [1.165, 1.54) is 5.56 Å². The minimum atomic E-state index is 0.692. The third-order valence-corrected chi connectivity index (χ3v) is 2.40. The van der Waals surface area contributed by atoms with E-state index < -0.39 is 0 Å². The maximum absolute atomic E-state index is 5.84. The molecule has 0 N–H and O–H groups in total. The molecule has 2 nitrogen and oxygen atoms in total. The second-order valence-corrected chi connectivity index (χ2v) is 3.42. The number of halogens is 1. The highest BCUT2D eigenvalue weighted by molar-refractivity contribution is 6.65. The van der Waals surface area contributed by atoms with Crippen LogP contribution in [0.1, 0.15) is 12.0 Å². The number of hydrogen-bond donors (Lipinski definition) is 0. The van der Waals surface area contributed by atoms with E-state index in [-0.39, 0.29) is 0 Å². The van der Waals surface area contributed by atoms with Gasteiger partial charge in [-0.15, -0.1) is 0 Å². The summed E-state index contributed by atoms with van der Waals surface area (Å²) in [6.07, 6.45) is 1.79. The number of ether oxygens (including phenoxy) is 1. The zero-order valence-electron chi connectivity index (χ0n) is 7.38. The summed E-state index contributed by atoms with van der Waals surface area (Å²) in [6, 6.07) is 5.86. The Morgan fingerprint density at radius 3 is 3.00 bits per heavy atom. The van der Waals surface area contributed by atoms with Gasteiger partial charge in [0.05, 0.1) is 12.8 Å². The number of aryl methyl sites for hydroxylation is 1. The van der Waals surface area contributed by atoms with Gasteiger partial charge in [0.1, 0.15) is 10.9 Å². The molecule has 0 bridgehead atoms. The first-order valence-electron chi connectivity index (χ1n) is 4.19. The van der Waals surface area contributed by atoms with E-state index in [1.54, 1.807) is 7.11 Å². The molecule has 1 aromatic carbocycles. The predicted molar refractivity (Wildman–Crippen MR) is 54.3 cm³/mol. The van der Waals surface area contributed by atoms with Crippen molar-refractivity contribution >= 4 is 22.5 Å². The fraction of sp³-hybridized carbons (Fsp3) is 0.300. The minimum Gasteiger partial charge on any atom is -0.497 e.